The van der Waals surface area contributed by atoms with Crippen molar-refractivity contribution in [3.63, 3.8) is 0 Å². The van der Waals surface area contributed by atoms with Crippen LogP contribution < -0.4 is 5.73 Å². The van der Waals surface area contributed by atoms with Gasteiger partial charge < -0.3 is 5.73 Å². The summed E-state index contributed by atoms with van der Waals surface area (Å²) in [7, 11) is 0. The summed E-state index contributed by atoms with van der Waals surface area (Å²) in [5.41, 5.74) is 5.27. The number of hydrogen-bond acceptors (Lipinski definition) is 3. The molecule has 1 amide bonds. The lowest BCUT2D eigenvalue weighted by Gasteiger charge is -2.00. The van der Waals surface area contributed by atoms with Gasteiger partial charge in [-0.15, -0.1) is 11.8 Å². The number of carbonyl (C=O) groups excluding carboxylic acids is 1. The highest BCUT2D eigenvalue weighted by Gasteiger charge is 2.05. The number of pyridine rings is 1. The third-order valence-corrected chi connectivity index (χ3v) is 2.37. The second kappa shape index (κ2) is 3.78. The summed E-state index contributed by atoms with van der Waals surface area (Å²) in [6.45, 7) is 0. The van der Waals surface area contributed by atoms with Crippen LogP contribution >= 0.6 is 23.4 Å². The SMILES string of the molecule is CSc1nc(C(N)=O)ccc1Cl. The molecular weight excluding hydrogens is 196 g/mol. The van der Waals surface area contributed by atoms with E-state index in [-0.39, 0.29) is 5.69 Å². The third kappa shape index (κ3) is 1.89. The first-order valence-corrected chi connectivity index (χ1v) is 4.75. The van der Waals surface area contributed by atoms with Crippen LogP contribution in [0.2, 0.25) is 5.02 Å². The lowest BCUT2D eigenvalue weighted by atomic mass is 10.3. The fourth-order valence-corrected chi connectivity index (χ4v) is 1.49. The maximum atomic E-state index is 10.7. The Hall–Kier alpha value is -0.740. The van der Waals surface area contributed by atoms with Crippen LogP contribution in [0, 0.1) is 0 Å². The van der Waals surface area contributed by atoms with Gasteiger partial charge in [0.2, 0.25) is 0 Å². The Bertz CT molecular complexity index is 316. The number of thioether (sulfide) groups is 1. The first-order valence-electron chi connectivity index (χ1n) is 3.15. The van der Waals surface area contributed by atoms with E-state index in [1.807, 2.05) is 6.26 Å². The monoisotopic (exact) mass is 202 g/mol. The van der Waals surface area contributed by atoms with E-state index in [9.17, 15) is 4.79 Å². The van der Waals surface area contributed by atoms with Crippen molar-refractivity contribution in [3.05, 3.63) is 22.8 Å². The van der Waals surface area contributed by atoms with E-state index in [2.05, 4.69) is 4.98 Å². The van der Waals surface area contributed by atoms with Gasteiger partial charge in [0.25, 0.3) is 5.91 Å². The first-order chi connectivity index (χ1) is 5.65. The summed E-state index contributed by atoms with van der Waals surface area (Å²) in [6.07, 6.45) is 1.83. The Morgan fingerprint density at radius 1 is 1.67 bits per heavy atom. The van der Waals surface area contributed by atoms with E-state index in [1.54, 1.807) is 6.07 Å². The highest BCUT2D eigenvalue weighted by atomic mass is 35.5. The van der Waals surface area contributed by atoms with Crippen LogP contribution in [0.1, 0.15) is 10.5 Å². The van der Waals surface area contributed by atoms with Crippen LogP contribution in [0.15, 0.2) is 17.2 Å². The molecule has 0 unspecified atom stereocenters. The highest BCUT2D eigenvalue weighted by Crippen LogP contribution is 2.22. The van der Waals surface area contributed by atoms with Crippen molar-refractivity contribution in [1.29, 1.82) is 0 Å². The molecule has 0 aliphatic carbocycles. The van der Waals surface area contributed by atoms with Crippen molar-refractivity contribution in [2.75, 3.05) is 6.26 Å². The molecule has 1 heterocycles. The molecular formula is C7H7ClN2OS. The van der Waals surface area contributed by atoms with E-state index in [4.69, 9.17) is 17.3 Å². The lowest BCUT2D eigenvalue weighted by molar-refractivity contribution is 0.0995. The van der Waals surface area contributed by atoms with E-state index < -0.39 is 5.91 Å². The number of rotatable bonds is 2. The minimum atomic E-state index is -0.540. The lowest BCUT2D eigenvalue weighted by Crippen LogP contribution is -2.13. The normalized spacial score (nSPS) is 9.83. The Labute approximate surface area is 79.3 Å². The van der Waals surface area contributed by atoms with E-state index in [1.165, 1.54) is 17.8 Å². The summed E-state index contributed by atoms with van der Waals surface area (Å²) in [5, 5.41) is 1.15. The number of nitrogens with zero attached hydrogens (tertiary/aromatic N) is 1. The summed E-state index contributed by atoms with van der Waals surface area (Å²) < 4.78 is 0. The summed E-state index contributed by atoms with van der Waals surface area (Å²) in [4.78, 5) is 14.6. The molecule has 1 rings (SSSR count). The Kier molecular flexibility index (Phi) is 2.94. The minimum absolute atomic E-state index is 0.240. The molecule has 0 saturated carbocycles. The quantitative estimate of drug-likeness (QED) is 0.741. The first kappa shape index (κ1) is 9.35. The minimum Gasteiger partial charge on any atom is -0.364 e. The number of carbonyl (C=O) groups is 1. The largest absolute Gasteiger partial charge is 0.364 e. The molecule has 0 spiro atoms. The van der Waals surface area contributed by atoms with Crippen LogP contribution in [0.4, 0.5) is 0 Å². The Morgan fingerprint density at radius 2 is 2.33 bits per heavy atom. The topological polar surface area (TPSA) is 56.0 Å². The smallest absolute Gasteiger partial charge is 0.267 e. The van der Waals surface area contributed by atoms with Crippen LogP contribution in [-0.4, -0.2) is 17.1 Å². The van der Waals surface area contributed by atoms with E-state index in [0.717, 1.165) is 0 Å². The number of aromatic nitrogens is 1. The third-order valence-electron chi connectivity index (χ3n) is 1.26. The van der Waals surface area contributed by atoms with Gasteiger partial charge in [-0.2, -0.15) is 0 Å². The Balaban J connectivity index is 3.13. The Morgan fingerprint density at radius 3 is 2.83 bits per heavy atom. The second-order valence-electron chi connectivity index (χ2n) is 2.05. The summed E-state index contributed by atoms with van der Waals surface area (Å²) in [5.74, 6) is -0.540. The zero-order chi connectivity index (χ0) is 9.14. The molecule has 12 heavy (non-hydrogen) atoms. The molecule has 1 aromatic heterocycles. The van der Waals surface area contributed by atoms with Gasteiger partial charge >= 0.3 is 0 Å². The zero-order valence-corrected chi connectivity index (χ0v) is 7.95. The molecule has 0 fully saturated rings. The van der Waals surface area contributed by atoms with Crippen molar-refractivity contribution in [1.82, 2.24) is 4.98 Å². The fraction of sp³-hybridized carbons (Fsp3) is 0.143. The van der Waals surface area contributed by atoms with Crippen molar-refractivity contribution < 1.29 is 4.79 Å². The number of primary amides is 1. The maximum absolute atomic E-state index is 10.7. The molecule has 0 atom stereocenters. The summed E-state index contributed by atoms with van der Waals surface area (Å²) in [6, 6.07) is 3.12. The fourth-order valence-electron chi connectivity index (χ4n) is 0.704. The van der Waals surface area contributed by atoms with Gasteiger partial charge in [0.1, 0.15) is 10.7 Å². The predicted molar refractivity (Wildman–Crippen MR) is 49.5 cm³/mol. The number of amides is 1. The van der Waals surface area contributed by atoms with Crippen LogP contribution in [-0.2, 0) is 0 Å². The van der Waals surface area contributed by atoms with E-state index >= 15 is 0 Å². The van der Waals surface area contributed by atoms with Crippen LogP contribution in [0.25, 0.3) is 0 Å². The molecule has 0 aliphatic heterocycles. The molecule has 64 valence electrons. The molecule has 0 radical (unpaired) electrons. The average molecular weight is 203 g/mol. The van der Waals surface area contributed by atoms with Gasteiger partial charge in [0.05, 0.1) is 5.02 Å². The summed E-state index contributed by atoms with van der Waals surface area (Å²) >= 11 is 7.14. The van der Waals surface area contributed by atoms with Crippen molar-refractivity contribution in [2.24, 2.45) is 5.73 Å². The molecule has 2 N–H and O–H groups in total. The van der Waals surface area contributed by atoms with Gasteiger partial charge in [0.15, 0.2) is 0 Å². The van der Waals surface area contributed by atoms with Gasteiger partial charge in [0, 0.05) is 0 Å². The molecule has 0 aromatic carbocycles. The zero-order valence-electron chi connectivity index (χ0n) is 6.37. The number of halogens is 1. The van der Waals surface area contributed by atoms with Crippen LogP contribution in [0.5, 0.6) is 0 Å². The van der Waals surface area contributed by atoms with Crippen LogP contribution in [0.3, 0.4) is 0 Å². The molecule has 3 nitrogen and oxygen atoms in total. The van der Waals surface area contributed by atoms with Gasteiger partial charge in [-0.3, -0.25) is 4.79 Å². The van der Waals surface area contributed by atoms with Crippen molar-refractivity contribution in [3.8, 4) is 0 Å². The molecule has 0 saturated heterocycles. The van der Waals surface area contributed by atoms with Gasteiger partial charge in [-0.25, -0.2) is 4.98 Å². The second-order valence-corrected chi connectivity index (χ2v) is 3.25. The highest BCUT2D eigenvalue weighted by molar-refractivity contribution is 7.98. The molecule has 5 heteroatoms. The number of nitrogens with two attached hydrogens (primary N) is 1. The maximum Gasteiger partial charge on any atom is 0.267 e. The van der Waals surface area contributed by atoms with Crippen molar-refractivity contribution in [2.45, 2.75) is 5.03 Å². The number of hydrogen-bond donors (Lipinski definition) is 1. The van der Waals surface area contributed by atoms with Crippen molar-refractivity contribution >= 4 is 29.3 Å². The average Bonchev–Trinajstić information content (AvgIpc) is 2.05. The van der Waals surface area contributed by atoms with Gasteiger partial charge in [-0.05, 0) is 18.4 Å². The molecule has 0 aliphatic rings. The molecule has 1 aromatic rings. The molecule has 0 bridgehead atoms. The predicted octanol–water partition coefficient (Wildman–Crippen LogP) is 1.56. The van der Waals surface area contributed by atoms with E-state index in [0.29, 0.717) is 10.0 Å². The van der Waals surface area contributed by atoms with Gasteiger partial charge in [-0.1, -0.05) is 11.6 Å². The standard InChI is InChI=1S/C7H7ClN2OS/c1-12-7-4(8)2-3-5(10-7)6(9)11/h2-3H,1H3,(H2,9,11).